The van der Waals surface area contributed by atoms with Gasteiger partial charge < -0.3 is 5.32 Å². The lowest BCUT2D eigenvalue weighted by molar-refractivity contribution is 0.536. The third kappa shape index (κ3) is 3.12. The lowest BCUT2D eigenvalue weighted by atomic mass is 10.0. The van der Waals surface area contributed by atoms with Gasteiger partial charge in [0, 0.05) is 10.9 Å². The van der Waals surface area contributed by atoms with E-state index < -0.39 is 0 Å². The zero-order valence-corrected chi connectivity index (χ0v) is 13.2. The van der Waals surface area contributed by atoms with Crippen molar-refractivity contribution in [3.05, 3.63) is 59.0 Å². The molecular weight excluding hydrogens is 278 g/mol. The SMILES string of the molecule is CCNC(Cc1csc2ccccc12)c1ccnc(C)n1. The van der Waals surface area contributed by atoms with Gasteiger partial charge in [-0.1, -0.05) is 25.1 Å². The number of nitrogens with one attached hydrogen (secondary N) is 1. The first-order valence-corrected chi connectivity index (χ1v) is 8.14. The minimum atomic E-state index is 0.231. The molecule has 2 aromatic heterocycles. The van der Waals surface area contributed by atoms with Crippen molar-refractivity contribution in [1.82, 2.24) is 15.3 Å². The summed E-state index contributed by atoms with van der Waals surface area (Å²) in [7, 11) is 0. The average molecular weight is 297 g/mol. The van der Waals surface area contributed by atoms with Crippen LogP contribution in [-0.2, 0) is 6.42 Å². The van der Waals surface area contributed by atoms with Crippen molar-refractivity contribution in [3.8, 4) is 0 Å². The predicted molar refractivity (Wildman–Crippen MR) is 88.7 cm³/mol. The van der Waals surface area contributed by atoms with Gasteiger partial charge in [-0.25, -0.2) is 9.97 Å². The molecule has 0 spiro atoms. The van der Waals surface area contributed by atoms with Crippen molar-refractivity contribution in [1.29, 1.82) is 0 Å². The quantitative estimate of drug-likeness (QED) is 0.776. The van der Waals surface area contributed by atoms with Gasteiger partial charge in [0.2, 0.25) is 0 Å². The van der Waals surface area contributed by atoms with Crippen molar-refractivity contribution < 1.29 is 0 Å². The minimum Gasteiger partial charge on any atom is -0.309 e. The third-order valence-corrected chi connectivity index (χ3v) is 4.60. The van der Waals surface area contributed by atoms with Crippen LogP contribution < -0.4 is 5.32 Å². The van der Waals surface area contributed by atoms with Crippen LogP contribution in [0.3, 0.4) is 0 Å². The van der Waals surface area contributed by atoms with E-state index in [0.717, 1.165) is 24.5 Å². The van der Waals surface area contributed by atoms with E-state index in [2.05, 4.69) is 51.9 Å². The molecule has 0 fully saturated rings. The Morgan fingerprint density at radius 1 is 1.24 bits per heavy atom. The highest BCUT2D eigenvalue weighted by Gasteiger charge is 2.15. The predicted octanol–water partition coefficient (Wildman–Crippen LogP) is 3.89. The summed E-state index contributed by atoms with van der Waals surface area (Å²) in [6.45, 7) is 5.00. The second kappa shape index (κ2) is 6.33. The van der Waals surface area contributed by atoms with E-state index in [0.29, 0.717) is 0 Å². The summed E-state index contributed by atoms with van der Waals surface area (Å²) in [4.78, 5) is 8.78. The average Bonchev–Trinajstić information content (AvgIpc) is 2.90. The van der Waals surface area contributed by atoms with Gasteiger partial charge in [0.1, 0.15) is 5.82 Å². The molecule has 4 heteroatoms. The van der Waals surface area contributed by atoms with Crippen molar-refractivity contribution in [2.75, 3.05) is 6.54 Å². The minimum absolute atomic E-state index is 0.231. The first-order chi connectivity index (χ1) is 10.3. The zero-order chi connectivity index (χ0) is 14.7. The van der Waals surface area contributed by atoms with E-state index in [9.17, 15) is 0 Å². The molecule has 0 amide bonds. The van der Waals surface area contributed by atoms with Crippen LogP contribution in [0.15, 0.2) is 41.9 Å². The Labute approximate surface area is 129 Å². The molecule has 1 unspecified atom stereocenters. The number of thiophene rings is 1. The van der Waals surface area contributed by atoms with E-state index in [4.69, 9.17) is 0 Å². The van der Waals surface area contributed by atoms with Crippen molar-refractivity contribution in [2.24, 2.45) is 0 Å². The lowest BCUT2D eigenvalue weighted by Crippen LogP contribution is -2.24. The molecule has 0 aliphatic rings. The number of aromatic nitrogens is 2. The van der Waals surface area contributed by atoms with Gasteiger partial charge in [0.15, 0.2) is 0 Å². The van der Waals surface area contributed by atoms with Crippen LogP contribution in [0.4, 0.5) is 0 Å². The van der Waals surface area contributed by atoms with Gasteiger partial charge in [-0.2, -0.15) is 0 Å². The molecular formula is C17H19N3S. The highest BCUT2D eigenvalue weighted by atomic mass is 32.1. The first kappa shape index (κ1) is 14.2. The van der Waals surface area contributed by atoms with Crippen LogP contribution in [0.25, 0.3) is 10.1 Å². The summed E-state index contributed by atoms with van der Waals surface area (Å²) in [5, 5.41) is 7.17. The number of fused-ring (bicyclic) bond motifs is 1. The third-order valence-electron chi connectivity index (χ3n) is 3.59. The summed E-state index contributed by atoms with van der Waals surface area (Å²) >= 11 is 1.81. The standard InChI is InChI=1S/C17H19N3S/c1-3-18-16(15-8-9-19-12(2)20-15)10-13-11-21-17-7-5-4-6-14(13)17/h4-9,11,16,18H,3,10H2,1-2H3. The number of hydrogen-bond acceptors (Lipinski definition) is 4. The molecule has 1 aromatic carbocycles. The molecule has 0 saturated carbocycles. The van der Waals surface area contributed by atoms with Gasteiger partial charge in [-0.15, -0.1) is 11.3 Å². The maximum Gasteiger partial charge on any atom is 0.125 e. The summed E-state index contributed by atoms with van der Waals surface area (Å²) in [5.74, 6) is 0.825. The fourth-order valence-electron chi connectivity index (χ4n) is 2.61. The molecule has 2 heterocycles. The van der Waals surface area contributed by atoms with Gasteiger partial charge in [-0.05, 0) is 48.4 Å². The molecule has 3 rings (SSSR count). The molecule has 0 bridgehead atoms. The van der Waals surface area contributed by atoms with E-state index in [1.165, 1.54) is 15.6 Å². The monoisotopic (exact) mass is 297 g/mol. The maximum atomic E-state index is 4.58. The van der Waals surface area contributed by atoms with E-state index in [-0.39, 0.29) is 6.04 Å². The van der Waals surface area contributed by atoms with Gasteiger partial charge in [0.25, 0.3) is 0 Å². The smallest absolute Gasteiger partial charge is 0.125 e. The first-order valence-electron chi connectivity index (χ1n) is 7.26. The van der Waals surface area contributed by atoms with Crippen LogP contribution in [0.5, 0.6) is 0 Å². The van der Waals surface area contributed by atoms with Crippen molar-refractivity contribution in [3.63, 3.8) is 0 Å². The second-order valence-corrected chi connectivity index (χ2v) is 6.01. The van der Waals surface area contributed by atoms with Gasteiger partial charge >= 0.3 is 0 Å². The molecule has 0 aliphatic heterocycles. The number of benzene rings is 1. The van der Waals surface area contributed by atoms with Crippen LogP contribution in [0.1, 0.15) is 30.0 Å². The topological polar surface area (TPSA) is 37.8 Å². The van der Waals surface area contributed by atoms with Crippen molar-refractivity contribution in [2.45, 2.75) is 26.3 Å². The number of aryl methyl sites for hydroxylation is 1. The Morgan fingerprint density at radius 3 is 2.90 bits per heavy atom. The van der Waals surface area contributed by atoms with Gasteiger partial charge in [0.05, 0.1) is 11.7 Å². The maximum absolute atomic E-state index is 4.58. The van der Waals surface area contributed by atoms with E-state index >= 15 is 0 Å². The highest BCUT2D eigenvalue weighted by molar-refractivity contribution is 7.17. The lowest BCUT2D eigenvalue weighted by Gasteiger charge is -2.17. The number of hydrogen-bond donors (Lipinski definition) is 1. The van der Waals surface area contributed by atoms with Crippen LogP contribution >= 0.6 is 11.3 Å². The molecule has 21 heavy (non-hydrogen) atoms. The Balaban J connectivity index is 1.92. The fraction of sp³-hybridized carbons (Fsp3) is 0.294. The highest BCUT2D eigenvalue weighted by Crippen LogP contribution is 2.29. The molecule has 1 N–H and O–H groups in total. The van der Waals surface area contributed by atoms with E-state index in [1.807, 2.05) is 30.5 Å². The van der Waals surface area contributed by atoms with Crippen molar-refractivity contribution >= 4 is 21.4 Å². The molecule has 0 saturated heterocycles. The molecule has 3 nitrogen and oxygen atoms in total. The van der Waals surface area contributed by atoms with E-state index in [1.54, 1.807) is 0 Å². The Morgan fingerprint density at radius 2 is 2.10 bits per heavy atom. The Bertz CT molecular complexity index is 735. The zero-order valence-electron chi connectivity index (χ0n) is 12.3. The molecule has 0 aliphatic carbocycles. The van der Waals surface area contributed by atoms with Crippen LogP contribution in [0, 0.1) is 6.92 Å². The summed E-state index contributed by atoms with van der Waals surface area (Å²) in [5.41, 5.74) is 2.46. The van der Waals surface area contributed by atoms with Crippen LogP contribution in [0.2, 0.25) is 0 Å². The number of nitrogens with zero attached hydrogens (tertiary/aromatic N) is 2. The Hall–Kier alpha value is -1.78. The Kier molecular flexibility index (Phi) is 4.27. The molecule has 1 atom stereocenters. The molecule has 108 valence electrons. The summed E-state index contributed by atoms with van der Waals surface area (Å²) in [6, 6.07) is 10.8. The summed E-state index contributed by atoms with van der Waals surface area (Å²) in [6.07, 6.45) is 2.79. The largest absolute Gasteiger partial charge is 0.309 e. The number of likely N-dealkylation sites (N-methyl/N-ethyl adjacent to an activating group) is 1. The van der Waals surface area contributed by atoms with Gasteiger partial charge in [-0.3, -0.25) is 0 Å². The van der Waals surface area contributed by atoms with Crippen LogP contribution in [-0.4, -0.2) is 16.5 Å². The summed E-state index contributed by atoms with van der Waals surface area (Å²) < 4.78 is 1.35. The second-order valence-electron chi connectivity index (χ2n) is 5.10. The molecule has 3 aromatic rings. The molecule has 0 radical (unpaired) electrons. The normalized spacial score (nSPS) is 12.7. The number of rotatable bonds is 5. The fourth-order valence-corrected chi connectivity index (χ4v) is 3.58.